The number of nitrogens with one attached hydrogen (secondary N) is 1. The van der Waals surface area contributed by atoms with E-state index in [9.17, 15) is 10.1 Å². The van der Waals surface area contributed by atoms with E-state index in [4.69, 9.17) is 4.74 Å². The van der Waals surface area contributed by atoms with E-state index in [0.717, 1.165) is 19.4 Å². The van der Waals surface area contributed by atoms with Gasteiger partial charge in [-0.15, -0.1) is 0 Å². The maximum Gasteiger partial charge on any atom is 0.269 e. The highest BCUT2D eigenvalue weighted by Gasteiger charge is 2.08. The van der Waals surface area contributed by atoms with Crippen LogP contribution in [0.4, 0.5) is 5.69 Å². The number of ether oxygens (including phenoxy) is 1. The van der Waals surface area contributed by atoms with Crippen LogP contribution < -0.4 is 10.1 Å². The lowest BCUT2D eigenvalue weighted by molar-refractivity contribution is -0.384. The van der Waals surface area contributed by atoms with Crippen LogP contribution >= 0.6 is 0 Å². The molecule has 0 fully saturated rings. The number of hydrogen-bond donors (Lipinski definition) is 1. The van der Waals surface area contributed by atoms with Crippen LogP contribution in [0.2, 0.25) is 0 Å². The minimum Gasteiger partial charge on any atom is -0.492 e. The standard InChI is InChI=1S/C14H18N2O3/c17-16(18)13-6-8-14(9-7-13)19-11-10-15-12-4-2-1-3-5-12/h1-2,6-9,12,15H,3-5,10-11H2. The van der Waals surface area contributed by atoms with Gasteiger partial charge in [-0.3, -0.25) is 10.1 Å². The van der Waals surface area contributed by atoms with Crippen molar-refractivity contribution in [3.8, 4) is 5.75 Å². The van der Waals surface area contributed by atoms with Crippen molar-refractivity contribution in [1.29, 1.82) is 0 Å². The molecule has 0 aromatic heterocycles. The van der Waals surface area contributed by atoms with E-state index in [0.29, 0.717) is 18.4 Å². The van der Waals surface area contributed by atoms with Gasteiger partial charge in [-0.2, -0.15) is 0 Å². The lowest BCUT2D eigenvalue weighted by atomic mass is 10.0. The van der Waals surface area contributed by atoms with Gasteiger partial charge in [0.15, 0.2) is 0 Å². The average Bonchev–Trinajstić information content (AvgIpc) is 2.45. The molecule has 102 valence electrons. The quantitative estimate of drug-likeness (QED) is 0.370. The molecule has 2 rings (SSSR count). The number of nitro benzene ring substituents is 1. The van der Waals surface area contributed by atoms with Crippen LogP contribution in [0.5, 0.6) is 5.75 Å². The van der Waals surface area contributed by atoms with Gasteiger partial charge >= 0.3 is 0 Å². The van der Waals surface area contributed by atoms with Gasteiger partial charge in [0.25, 0.3) is 5.69 Å². The van der Waals surface area contributed by atoms with Gasteiger partial charge in [-0.1, -0.05) is 12.2 Å². The summed E-state index contributed by atoms with van der Waals surface area (Å²) in [4.78, 5) is 10.1. The molecule has 0 aliphatic heterocycles. The van der Waals surface area contributed by atoms with E-state index >= 15 is 0 Å². The Morgan fingerprint density at radius 3 is 2.74 bits per heavy atom. The normalized spacial score (nSPS) is 18.2. The third-order valence-electron chi connectivity index (χ3n) is 3.12. The van der Waals surface area contributed by atoms with Crippen molar-refractivity contribution in [3.05, 3.63) is 46.5 Å². The van der Waals surface area contributed by atoms with Crippen molar-refractivity contribution >= 4 is 5.69 Å². The number of nitro groups is 1. The van der Waals surface area contributed by atoms with Crippen molar-refractivity contribution in [2.24, 2.45) is 0 Å². The SMILES string of the molecule is O=[N+]([O-])c1ccc(OCCNC2CC=CCC2)cc1. The molecule has 0 saturated carbocycles. The number of nitrogens with zero attached hydrogens (tertiary/aromatic N) is 1. The molecule has 1 aromatic rings. The first-order chi connectivity index (χ1) is 9.25. The fraction of sp³-hybridized carbons (Fsp3) is 0.429. The number of non-ortho nitro benzene ring substituents is 1. The molecule has 0 bridgehead atoms. The summed E-state index contributed by atoms with van der Waals surface area (Å²) in [6.45, 7) is 1.35. The van der Waals surface area contributed by atoms with Crippen LogP contribution in [-0.2, 0) is 0 Å². The molecule has 0 heterocycles. The summed E-state index contributed by atoms with van der Waals surface area (Å²) in [6, 6.07) is 6.71. The van der Waals surface area contributed by atoms with Crippen LogP contribution in [0.15, 0.2) is 36.4 Å². The second-order valence-electron chi connectivity index (χ2n) is 4.53. The Morgan fingerprint density at radius 2 is 2.11 bits per heavy atom. The van der Waals surface area contributed by atoms with Crippen LogP contribution in [0, 0.1) is 10.1 Å². The van der Waals surface area contributed by atoms with E-state index < -0.39 is 4.92 Å². The van der Waals surface area contributed by atoms with Crippen molar-refractivity contribution < 1.29 is 9.66 Å². The first-order valence-corrected chi connectivity index (χ1v) is 6.51. The lowest BCUT2D eigenvalue weighted by Crippen LogP contribution is -2.33. The zero-order valence-electron chi connectivity index (χ0n) is 10.7. The third kappa shape index (κ3) is 4.37. The van der Waals surface area contributed by atoms with Gasteiger partial charge in [-0.25, -0.2) is 0 Å². The summed E-state index contributed by atoms with van der Waals surface area (Å²) in [6.07, 6.45) is 7.82. The Balaban J connectivity index is 1.67. The number of benzene rings is 1. The molecule has 5 nitrogen and oxygen atoms in total. The van der Waals surface area contributed by atoms with Gasteiger partial charge in [0.2, 0.25) is 0 Å². The number of rotatable bonds is 6. The molecule has 1 atom stereocenters. The van der Waals surface area contributed by atoms with Crippen LogP contribution in [0.25, 0.3) is 0 Å². The molecule has 0 saturated heterocycles. The second-order valence-corrected chi connectivity index (χ2v) is 4.53. The fourth-order valence-corrected chi connectivity index (χ4v) is 2.08. The zero-order valence-corrected chi connectivity index (χ0v) is 10.7. The van der Waals surface area contributed by atoms with E-state index in [1.165, 1.54) is 18.6 Å². The summed E-state index contributed by atoms with van der Waals surface area (Å²) >= 11 is 0. The van der Waals surface area contributed by atoms with E-state index in [1.807, 2.05) is 0 Å². The first kappa shape index (κ1) is 13.5. The highest BCUT2D eigenvalue weighted by atomic mass is 16.6. The minimum atomic E-state index is -0.415. The van der Waals surface area contributed by atoms with E-state index in [1.54, 1.807) is 12.1 Å². The molecule has 1 unspecified atom stereocenters. The molecular formula is C14H18N2O3. The molecule has 1 aliphatic rings. The molecule has 5 heteroatoms. The van der Waals surface area contributed by atoms with Gasteiger partial charge in [0, 0.05) is 24.7 Å². The highest BCUT2D eigenvalue weighted by molar-refractivity contribution is 5.35. The largest absolute Gasteiger partial charge is 0.492 e. The van der Waals surface area contributed by atoms with Crippen molar-refractivity contribution in [1.82, 2.24) is 5.32 Å². The van der Waals surface area contributed by atoms with Gasteiger partial charge in [0.1, 0.15) is 12.4 Å². The summed E-state index contributed by atoms with van der Waals surface area (Å²) in [5.74, 6) is 0.663. The molecule has 0 spiro atoms. The van der Waals surface area contributed by atoms with Gasteiger partial charge < -0.3 is 10.1 Å². The maximum absolute atomic E-state index is 10.5. The molecular weight excluding hydrogens is 244 g/mol. The van der Waals surface area contributed by atoms with E-state index in [-0.39, 0.29) is 5.69 Å². The lowest BCUT2D eigenvalue weighted by Gasteiger charge is -2.19. The summed E-state index contributed by atoms with van der Waals surface area (Å²) in [5, 5.41) is 13.9. The zero-order chi connectivity index (χ0) is 13.5. The highest BCUT2D eigenvalue weighted by Crippen LogP contribution is 2.17. The fourth-order valence-electron chi connectivity index (χ4n) is 2.08. The number of hydrogen-bond acceptors (Lipinski definition) is 4. The summed E-state index contributed by atoms with van der Waals surface area (Å²) < 4.78 is 5.53. The molecule has 0 amide bonds. The molecule has 1 aromatic carbocycles. The molecule has 1 N–H and O–H groups in total. The van der Waals surface area contributed by atoms with E-state index in [2.05, 4.69) is 17.5 Å². The Kier molecular flexibility index (Phi) is 4.92. The van der Waals surface area contributed by atoms with Gasteiger partial charge in [0.05, 0.1) is 4.92 Å². The van der Waals surface area contributed by atoms with Crippen molar-refractivity contribution in [3.63, 3.8) is 0 Å². The maximum atomic E-state index is 10.5. The summed E-state index contributed by atoms with van der Waals surface area (Å²) in [7, 11) is 0. The Morgan fingerprint density at radius 1 is 1.32 bits per heavy atom. The Bertz CT molecular complexity index is 443. The Hall–Kier alpha value is -1.88. The van der Waals surface area contributed by atoms with Crippen molar-refractivity contribution in [2.75, 3.05) is 13.2 Å². The smallest absolute Gasteiger partial charge is 0.269 e. The molecule has 0 radical (unpaired) electrons. The first-order valence-electron chi connectivity index (χ1n) is 6.51. The number of allylic oxidation sites excluding steroid dienone is 1. The second kappa shape index (κ2) is 6.89. The topological polar surface area (TPSA) is 64.4 Å². The molecule has 19 heavy (non-hydrogen) atoms. The molecule has 1 aliphatic carbocycles. The minimum absolute atomic E-state index is 0.0828. The van der Waals surface area contributed by atoms with Crippen LogP contribution in [-0.4, -0.2) is 24.1 Å². The monoisotopic (exact) mass is 262 g/mol. The Labute approximate surface area is 112 Å². The third-order valence-corrected chi connectivity index (χ3v) is 3.12. The predicted octanol–water partition coefficient (Wildman–Crippen LogP) is 2.67. The van der Waals surface area contributed by atoms with Crippen molar-refractivity contribution in [2.45, 2.75) is 25.3 Å². The summed E-state index contributed by atoms with van der Waals surface area (Å²) in [5.41, 5.74) is 0.0828. The average molecular weight is 262 g/mol. The van der Waals surface area contributed by atoms with Gasteiger partial charge in [-0.05, 0) is 31.4 Å². The predicted molar refractivity (Wildman–Crippen MR) is 73.4 cm³/mol. The van der Waals surface area contributed by atoms with Crippen LogP contribution in [0.1, 0.15) is 19.3 Å². The van der Waals surface area contributed by atoms with Crippen LogP contribution in [0.3, 0.4) is 0 Å².